The summed E-state index contributed by atoms with van der Waals surface area (Å²) in [5.41, 5.74) is -0.0724. The Bertz CT molecular complexity index is 290. The summed E-state index contributed by atoms with van der Waals surface area (Å²) in [5, 5.41) is 9.28. The van der Waals surface area contributed by atoms with E-state index in [0.29, 0.717) is 6.42 Å². The summed E-state index contributed by atoms with van der Waals surface area (Å²) in [4.78, 5) is 16.1. The highest BCUT2D eigenvalue weighted by atomic mass is 16.4. The minimum Gasteiger partial charge on any atom is -0.481 e. The van der Waals surface area contributed by atoms with Crippen molar-refractivity contribution >= 4 is 5.97 Å². The van der Waals surface area contributed by atoms with E-state index >= 15 is 0 Å². The third-order valence-electron chi connectivity index (χ3n) is 4.65. The molecule has 4 nitrogen and oxygen atoms in total. The topological polar surface area (TPSA) is 43.8 Å². The van der Waals surface area contributed by atoms with Crippen molar-refractivity contribution in [3.8, 4) is 0 Å². The van der Waals surface area contributed by atoms with E-state index in [1.54, 1.807) is 0 Å². The molecule has 2 heterocycles. The lowest BCUT2D eigenvalue weighted by molar-refractivity contribution is -0.141. The molecule has 0 bridgehead atoms. The normalized spacial score (nSPS) is 32.1. The molecule has 1 unspecified atom stereocenters. The number of piperidine rings is 1. The molecule has 2 rings (SSSR count). The molecule has 2 aliphatic heterocycles. The summed E-state index contributed by atoms with van der Waals surface area (Å²) in [5.74, 6) is -0.634. The van der Waals surface area contributed by atoms with Gasteiger partial charge in [-0.25, -0.2) is 0 Å². The molecule has 18 heavy (non-hydrogen) atoms. The molecule has 1 N–H and O–H groups in total. The van der Waals surface area contributed by atoms with E-state index in [1.807, 2.05) is 0 Å². The maximum absolute atomic E-state index is 11.3. The van der Waals surface area contributed by atoms with Crippen LogP contribution in [0, 0.1) is 0 Å². The molecule has 104 valence electrons. The maximum Gasteiger partial charge on any atom is 0.305 e. The van der Waals surface area contributed by atoms with Crippen molar-refractivity contribution in [1.29, 1.82) is 0 Å². The standard InChI is InChI=1S/C14H26N2O2/c1-15-8-5-6-14(7-11-15,12-13(17)18)16-9-3-2-4-10-16/h2-12H2,1H3,(H,17,18). The number of aliphatic carboxylic acids is 1. The van der Waals surface area contributed by atoms with Crippen molar-refractivity contribution in [3.05, 3.63) is 0 Å². The molecule has 2 saturated heterocycles. The van der Waals surface area contributed by atoms with Crippen molar-refractivity contribution < 1.29 is 9.90 Å². The largest absolute Gasteiger partial charge is 0.481 e. The summed E-state index contributed by atoms with van der Waals surface area (Å²) in [6, 6.07) is 0. The molecule has 1 atom stereocenters. The smallest absolute Gasteiger partial charge is 0.305 e. The van der Waals surface area contributed by atoms with Crippen molar-refractivity contribution in [2.45, 2.75) is 50.5 Å². The Morgan fingerprint density at radius 1 is 1.06 bits per heavy atom. The first-order valence-corrected chi connectivity index (χ1v) is 7.28. The Labute approximate surface area is 110 Å². The number of hydrogen-bond donors (Lipinski definition) is 1. The minimum absolute atomic E-state index is 0.0724. The van der Waals surface area contributed by atoms with Crippen LogP contribution in [0.3, 0.4) is 0 Å². The first kappa shape index (κ1) is 13.8. The molecule has 0 radical (unpaired) electrons. The van der Waals surface area contributed by atoms with Gasteiger partial charge in [-0.1, -0.05) is 6.42 Å². The second-order valence-electron chi connectivity index (χ2n) is 6.00. The van der Waals surface area contributed by atoms with E-state index in [0.717, 1.165) is 45.4 Å². The molecule has 0 aromatic carbocycles. The van der Waals surface area contributed by atoms with Gasteiger partial charge in [-0.2, -0.15) is 0 Å². The third-order valence-corrected chi connectivity index (χ3v) is 4.65. The highest BCUT2D eigenvalue weighted by Gasteiger charge is 2.39. The van der Waals surface area contributed by atoms with Crippen LogP contribution in [0.4, 0.5) is 0 Å². The van der Waals surface area contributed by atoms with E-state index < -0.39 is 5.97 Å². The molecule has 0 amide bonds. The Balaban J connectivity index is 2.12. The number of carboxylic acid groups (broad SMARTS) is 1. The molecular weight excluding hydrogens is 228 g/mol. The Kier molecular flexibility index (Phi) is 4.62. The Hall–Kier alpha value is -0.610. The molecular formula is C14H26N2O2. The number of nitrogens with zero attached hydrogens (tertiary/aromatic N) is 2. The first-order valence-electron chi connectivity index (χ1n) is 7.28. The average molecular weight is 254 g/mol. The van der Waals surface area contributed by atoms with Gasteiger partial charge < -0.3 is 10.0 Å². The van der Waals surface area contributed by atoms with Crippen LogP contribution in [-0.4, -0.2) is 59.6 Å². The number of hydrogen-bond acceptors (Lipinski definition) is 3. The second kappa shape index (κ2) is 6.02. The SMILES string of the molecule is CN1CCCC(CC(=O)O)(N2CCCCC2)CC1. The number of carboxylic acids is 1. The predicted octanol–water partition coefficient (Wildman–Crippen LogP) is 1.80. The van der Waals surface area contributed by atoms with Gasteiger partial charge in [-0.3, -0.25) is 9.69 Å². The number of carbonyl (C=O) groups is 1. The minimum atomic E-state index is -0.634. The van der Waals surface area contributed by atoms with E-state index in [1.165, 1.54) is 19.3 Å². The fraction of sp³-hybridized carbons (Fsp3) is 0.929. The van der Waals surface area contributed by atoms with E-state index in [2.05, 4.69) is 16.8 Å². The fourth-order valence-electron chi connectivity index (χ4n) is 3.57. The zero-order valence-electron chi connectivity index (χ0n) is 11.5. The maximum atomic E-state index is 11.3. The van der Waals surface area contributed by atoms with Crippen molar-refractivity contribution in [1.82, 2.24) is 9.80 Å². The zero-order chi connectivity index (χ0) is 13.0. The predicted molar refractivity (Wildman–Crippen MR) is 71.8 cm³/mol. The quantitative estimate of drug-likeness (QED) is 0.834. The summed E-state index contributed by atoms with van der Waals surface area (Å²) in [7, 11) is 2.15. The van der Waals surface area contributed by atoms with Crippen LogP contribution < -0.4 is 0 Å². The lowest BCUT2D eigenvalue weighted by atomic mass is 9.83. The summed E-state index contributed by atoms with van der Waals surface area (Å²) in [6.07, 6.45) is 7.27. The van der Waals surface area contributed by atoms with Crippen LogP contribution in [-0.2, 0) is 4.79 Å². The lowest BCUT2D eigenvalue weighted by Crippen LogP contribution is -2.52. The van der Waals surface area contributed by atoms with Crippen molar-refractivity contribution in [2.75, 3.05) is 33.2 Å². The highest BCUT2D eigenvalue weighted by Crippen LogP contribution is 2.34. The monoisotopic (exact) mass is 254 g/mol. The number of rotatable bonds is 3. The van der Waals surface area contributed by atoms with Gasteiger partial charge in [-0.05, 0) is 65.3 Å². The molecule has 2 fully saturated rings. The van der Waals surface area contributed by atoms with Gasteiger partial charge in [0.1, 0.15) is 0 Å². The molecule has 4 heteroatoms. The Morgan fingerprint density at radius 3 is 2.44 bits per heavy atom. The summed E-state index contributed by atoms with van der Waals surface area (Å²) >= 11 is 0. The molecule has 0 saturated carbocycles. The van der Waals surface area contributed by atoms with Crippen LogP contribution in [0.1, 0.15) is 44.9 Å². The molecule has 0 aromatic rings. The highest BCUT2D eigenvalue weighted by molar-refractivity contribution is 5.68. The van der Waals surface area contributed by atoms with Crippen LogP contribution in [0.5, 0.6) is 0 Å². The van der Waals surface area contributed by atoms with Crippen LogP contribution >= 0.6 is 0 Å². The van der Waals surface area contributed by atoms with Gasteiger partial charge in [0.05, 0.1) is 6.42 Å². The van der Waals surface area contributed by atoms with Gasteiger partial charge in [-0.15, -0.1) is 0 Å². The molecule has 0 aliphatic carbocycles. The van der Waals surface area contributed by atoms with Gasteiger partial charge in [0, 0.05) is 5.54 Å². The van der Waals surface area contributed by atoms with Crippen LogP contribution in [0.2, 0.25) is 0 Å². The van der Waals surface area contributed by atoms with E-state index in [-0.39, 0.29) is 5.54 Å². The van der Waals surface area contributed by atoms with Crippen LogP contribution in [0.15, 0.2) is 0 Å². The van der Waals surface area contributed by atoms with Crippen molar-refractivity contribution in [3.63, 3.8) is 0 Å². The fourth-order valence-corrected chi connectivity index (χ4v) is 3.57. The average Bonchev–Trinajstić information content (AvgIpc) is 2.53. The number of likely N-dealkylation sites (tertiary alicyclic amines) is 2. The molecule has 2 aliphatic rings. The van der Waals surface area contributed by atoms with Gasteiger partial charge >= 0.3 is 5.97 Å². The second-order valence-corrected chi connectivity index (χ2v) is 6.00. The first-order chi connectivity index (χ1) is 8.62. The van der Waals surface area contributed by atoms with Crippen LogP contribution in [0.25, 0.3) is 0 Å². The molecule has 0 spiro atoms. The van der Waals surface area contributed by atoms with E-state index in [9.17, 15) is 9.90 Å². The Morgan fingerprint density at radius 2 is 1.78 bits per heavy atom. The van der Waals surface area contributed by atoms with Crippen molar-refractivity contribution in [2.24, 2.45) is 0 Å². The summed E-state index contributed by atoms with van der Waals surface area (Å²) < 4.78 is 0. The van der Waals surface area contributed by atoms with Gasteiger partial charge in [0.25, 0.3) is 0 Å². The van der Waals surface area contributed by atoms with Gasteiger partial charge in [0.2, 0.25) is 0 Å². The zero-order valence-corrected chi connectivity index (χ0v) is 11.5. The van der Waals surface area contributed by atoms with E-state index in [4.69, 9.17) is 0 Å². The third kappa shape index (κ3) is 3.23. The van der Waals surface area contributed by atoms with Gasteiger partial charge in [0.15, 0.2) is 0 Å². The lowest BCUT2D eigenvalue weighted by Gasteiger charge is -2.45. The molecule has 0 aromatic heterocycles. The summed E-state index contributed by atoms with van der Waals surface area (Å²) in [6.45, 7) is 4.33.